The molecule has 3 aromatic rings. The molecule has 3 aromatic carbocycles. The van der Waals surface area contributed by atoms with Crippen LogP contribution in [0.3, 0.4) is 0 Å². The van der Waals surface area contributed by atoms with Gasteiger partial charge in [-0.15, -0.1) is 0 Å². The van der Waals surface area contributed by atoms with Crippen LogP contribution in [-0.4, -0.2) is 23.2 Å². The van der Waals surface area contributed by atoms with Gasteiger partial charge >= 0.3 is 0 Å². The minimum atomic E-state index is -0.482. The van der Waals surface area contributed by atoms with Gasteiger partial charge in [-0.1, -0.05) is 48.5 Å². The van der Waals surface area contributed by atoms with Crippen molar-refractivity contribution in [2.75, 3.05) is 5.32 Å². The molecule has 0 spiro atoms. The summed E-state index contributed by atoms with van der Waals surface area (Å²) in [5.74, 6) is -0.701. The number of carbonyl (C=O) groups is 1. The Morgan fingerprint density at radius 1 is 0.968 bits per heavy atom. The van der Waals surface area contributed by atoms with Crippen molar-refractivity contribution in [2.45, 2.75) is 44.2 Å². The zero-order chi connectivity index (χ0) is 21.8. The van der Waals surface area contributed by atoms with Crippen LogP contribution in [0.15, 0.2) is 66.7 Å². The van der Waals surface area contributed by atoms with Crippen molar-refractivity contribution in [2.24, 2.45) is 5.73 Å². The van der Waals surface area contributed by atoms with Crippen molar-refractivity contribution in [3.05, 3.63) is 89.2 Å². The molecule has 4 rings (SSSR count). The van der Waals surface area contributed by atoms with E-state index in [0.29, 0.717) is 23.2 Å². The summed E-state index contributed by atoms with van der Waals surface area (Å²) in [7, 11) is 0. The van der Waals surface area contributed by atoms with E-state index in [1.807, 2.05) is 42.5 Å². The van der Waals surface area contributed by atoms with Gasteiger partial charge in [0.2, 0.25) is 0 Å². The van der Waals surface area contributed by atoms with Crippen LogP contribution in [0.5, 0.6) is 0 Å². The van der Waals surface area contributed by atoms with E-state index in [4.69, 9.17) is 5.73 Å². The first-order valence-electron chi connectivity index (χ1n) is 10.7. The number of nitrogens with two attached hydrogens (primary N) is 1. The van der Waals surface area contributed by atoms with Gasteiger partial charge in [0.05, 0.1) is 11.7 Å². The molecule has 1 aliphatic rings. The molecule has 5 heteroatoms. The molecule has 31 heavy (non-hydrogen) atoms. The topological polar surface area (TPSA) is 75.4 Å². The van der Waals surface area contributed by atoms with E-state index < -0.39 is 5.91 Å². The van der Waals surface area contributed by atoms with Gasteiger partial charge in [-0.05, 0) is 66.1 Å². The molecule has 0 aliphatic heterocycles. The van der Waals surface area contributed by atoms with Crippen molar-refractivity contribution >= 4 is 11.6 Å². The summed E-state index contributed by atoms with van der Waals surface area (Å²) in [4.78, 5) is 12.0. The van der Waals surface area contributed by atoms with Crippen LogP contribution in [0, 0.1) is 5.82 Å². The molecular weight excluding hydrogens is 391 g/mol. The number of carbonyl (C=O) groups excluding carboxylic acids is 1. The highest BCUT2D eigenvalue weighted by Gasteiger charge is 2.21. The predicted octanol–water partition coefficient (Wildman–Crippen LogP) is 4.90. The lowest BCUT2D eigenvalue weighted by Gasteiger charge is -2.28. The lowest BCUT2D eigenvalue weighted by Crippen LogP contribution is -2.29. The smallest absolute Gasteiger partial charge is 0.250 e. The molecule has 1 amide bonds. The van der Waals surface area contributed by atoms with Crippen LogP contribution in [0.2, 0.25) is 0 Å². The van der Waals surface area contributed by atoms with Crippen LogP contribution in [0.25, 0.3) is 11.1 Å². The first-order valence-corrected chi connectivity index (χ1v) is 10.7. The Hall–Kier alpha value is -3.18. The van der Waals surface area contributed by atoms with Crippen molar-refractivity contribution < 1.29 is 14.3 Å². The summed E-state index contributed by atoms with van der Waals surface area (Å²) in [5.41, 5.74) is 10.3. The number of nitrogens with one attached hydrogen (secondary N) is 1. The van der Waals surface area contributed by atoms with Crippen LogP contribution in [-0.2, 0) is 6.42 Å². The van der Waals surface area contributed by atoms with Gasteiger partial charge in [0.1, 0.15) is 5.82 Å². The van der Waals surface area contributed by atoms with Crippen LogP contribution < -0.4 is 11.1 Å². The van der Waals surface area contributed by atoms with Gasteiger partial charge in [0.15, 0.2) is 0 Å². The van der Waals surface area contributed by atoms with Crippen LogP contribution in [0.1, 0.15) is 47.2 Å². The fraction of sp³-hybridized carbons (Fsp3) is 0.269. The van der Waals surface area contributed by atoms with E-state index in [0.717, 1.165) is 42.4 Å². The number of amides is 1. The fourth-order valence-electron chi connectivity index (χ4n) is 4.29. The highest BCUT2D eigenvalue weighted by molar-refractivity contribution is 5.99. The maximum absolute atomic E-state index is 14.2. The van der Waals surface area contributed by atoms with Crippen molar-refractivity contribution in [1.29, 1.82) is 0 Å². The molecule has 160 valence electrons. The highest BCUT2D eigenvalue weighted by Crippen LogP contribution is 2.31. The molecule has 0 bridgehead atoms. The highest BCUT2D eigenvalue weighted by atomic mass is 19.1. The SMILES string of the molecule is NC(=O)c1ccc(-c2ccccc2Cc2ccccc2F)cc1N[C@H]1CC[C@H](O)CC1. The minimum absolute atomic E-state index is 0.186. The second-order valence-corrected chi connectivity index (χ2v) is 8.20. The number of anilines is 1. The zero-order valence-electron chi connectivity index (χ0n) is 17.4. The van der Waals surface area contributed by atoms with E-state index in [-0.39, 0.29) is 18.0 Å². The fourth-order valence-corrected chi connectivity index (χ4v) is 4.29. The Morgan fingerprint density at radius 2 is 1.65 bits per heavy atom. The normalized spacial score (nSPS) is 18.5. The molecule has 1 fully saturated rings. The van der Waals surface area contributed by atoms with Gasteiger partial charge in [-0.2, -0.15) is 0 Å². The zero-order valence-corrected chi connectivity index (χ0v) is 17.4. The number of benzene rings is 3. The predicted molar refractivity (Wildman–Crippen MR) is 121 cm³/mol. The standard InChI is InChI=1S/C26H27FN2O2/c27-24-8-4-2-6-19(24)15-17-5-1-3-7-22(17)18-9-14-23(26(28)31)25(16-18)29-20-10-12-21(30)13-11-20/h1-9,14,16,20-21,29-30H,10-13,15H2,(H2,28,31)/t20-,21-. The lowest BCUT2D eigenvalue weighted by atomic mass is 9.91. The summed E-state index contributed by atoms with van der Waals surface area (Å²) in [5, 5.41) is 13.2. The van der Waals surface area contributed by atoms with Crippen LogP contribution >= 0.6 is 0 Å². The Kier molecular flexibility index (Phi) is 6.33. The van der Waals surface area contributed by atoms with Gasteiger partial charge in [-0.3, -0.25) is 4.79 Å². The molecule has 0 unspecified atom stereocenters. The van der Waals surface area contributed by atoms with Crippen molar-refractivity contribution in [3.63, 3.8) is 0 Å². The number of aliphatic hydroxyl groups excluding tert-OH is 1. The number of aliphatic hydroxyl groups is 1. The summed E-state index contributed by atoms with van der Waals surface area (Å²) in [6.45, 7) is 0. The maximum Gasteiger partial charge on any atom is 0.250 e. The van der Waals surface area contributed by atoms with Crippen molar-refractivity contribution in [1.82, 2.24) is 0 Å². The molecule has 0 atom stereocenters. The molecular formula is C26H27FN2O2. The summed E-state index contributed by atoms with van der Waals surface area (Å²) < 4.78 is 14.2. The monoisotopic (exact) mass is 418 g/mol. The average molecular weight is 419 g/mol. The first kappa shape index (κ1) is 21.1. The summed E-state index contributed by atoms with van der Waals surface area (Å²) >= 11 is 0. The van der Waals surface area contributed by atoms with E-state index in [1.54, 1.807) is 18.2 Å². The number of halogens is 1. The molecule has 4 nitrogen and oxygen atoms in total. The third-order valence-electron chi connectivity index (χ3n) is 6.01. The van der Waals surface area contributed by atoms with E-state index >= 15 is 0 Å². The largest absolute Gasteiger partial charge is 0.393 e. The summed E-state index contributed by atoms with van der Waals surface area (Å²) in [6.07, 6.45) is 3.40. The van der Waals surface area contributed by atoms with Gasteiger partial charge in [0.25, 0.3) is 5.91 Å². The molecule has 4 N–H and O–H groups in total. The molecule has 0 saturated heterocycles. The van der Waals surface area contributed by atoms with E-state index in [2.05, 4.69) is 5.32 Å². The summed E-state index contributed by atoms with van der Waals surface area (Å²) in [6, 6.07) is 20.5. The molecule has 0 aromatic heterocycles. The Labute approximate surface area is 181 Å². The number of rotatable bonds is 6. The molecule has 0 radical (unpaired) electrons. The number of primary amides is 1. The van der Waals surface area contributed by atoms with E-state index in [9.17, 15) is 14.3 Å². The Bertz CT molecular complexity index is 1070. The van der Waals surface area contributed by atoms with Gasteiger partial charge in [0, 0.05) is 18.2 Å². The van der Waals surface area contributed by atoms with Crippen LogP contribution in [0.4, 0.5) is 10.1 Å². The molecule has 1 saturated carbocycles. The number of hydrogen-bond acceptors (Lipinski definition) is 3. The number of hydrogen-bond donors (Lipinski definition) is 3. The third kappa shape index (κ3) is 4.94. The third-order valence-corrected chi connectivity index (χ3v) is 6.01. The van der Waals surface area contributed by atoms with Crippen molar-refractivity contribution in [3.8, 4) is 11.1 Å². The first-order chi connectivity index (χ1) is 15.0. The Morgan fingerprint density at radius 3 is 2.35 bits per heavy atom. The van der Waals surface area contributed by atoms with Gasteiger partial charge in [-0.25, -0.2) is 4.39 Å². The quantitative estimate of drug-likeness (QED) is 0.533. The molecule has 1 aliphatic carbocycles. The second kappa shape index (κ2) is 9.31. The van der Waals surface area contributed by atoms with E-state index in [1.165, 1.54) is 6.07 Å². The average Bonchev–Trinajstić information content (AvgIpc) is 2.77. The lowest BCUT2D eigenvalue weighted by molar-refractivity contribution is 0.100. The van der Waals surface area contributed by atoms with Gasteiger partial charge < -0.3 is 16.2 Å². The molecule has 0 heterocycles. The maximum atomic E-state index is 14.2. The second-order valence-electron chi connectivity index (χ2n) is 8.20. The minimum Gasteiger partial charge on any atom is -0.393 e. The Balaban J connectivity index is 1.67.